The van der Waals surface area contributed by atoms with Gasteiger partial charge in [0, 0.05) is 0 Å². The van der Waals surface area contributed by atoms with E-state index in [0.717, 1.165) is 0 Å². The average Bonchev–Trinajstić information content (AvgIpc) is 2.26. The molecule has 0 nitrogen and oxygen atoms in total. The molecule has 0 aliphatic rings. The van der Waals surface area contributed by atoms with Gasteiger partial charge >= 0.3 is 0 Å². The molecule has 0 amide bonds. The topological polar surface area (TPSA) is 0 Å². The molecule has 0 aliphatic heterocycles. The zero-order chi connectivity index (χ0) is 12.2. The first-order valence-electron chi connectivity index (χ1n) is 7.16. The molecule has 0 atom stereocenters. The highest BCUT2D eigenvalue weighted by molar-refractivity contribution is 5.11. The van der Waals surface area contributed by atoms with E-state index in [0.29, 0.717) is 0 Å². The van der Waals surface area contributed by atoms with E-state index < -0.39 is 0 Å². The average molecular weight is 223 g/mol. The second-order valence-corrected chi connectivity index (χ2v) is 5.14. The van der Waals surface area contributed by atoms with Gasteiger partial charge in [0.15, 0.2) is 0 Å². The normalized spacial score (nSPS) is 12.8. The van der Waals surface area contributed by atoms with E-state index in [-0.39, 0.29) is 0 Å². The largest absolute Gasteiger partial charge is 0.0744 e. The molecule has 0 aromatic rings. The summed E-state index contributed by atoms with van der Waals surface area (Å²) in [4.78, 5) is 0. The minimum absolute atomic E-state index is 1.26. The third kappa shape index (κ3) is 10.3. The lowest BCUT2D eigenvalue weighted by Crippen LogP contribution is -1.84. The number of allylic oxidation sites excluding steroid dienone is 2. The molecular weight excluding hydrogens is 192 g/mol. The van der Waals surface area contributed by atoms with Gasteiger partial charge in [-0.05, 0) is 33.6 Å². The Morgan fingerprint density at radius 2 is 1.19 bits per heavy atom. The van der Waals surface area contributed by atoms with E-state index in [1.165, 1.54) is 75.4 Å². The van der Waals surface area contributed by atoms with Crippen molar-refractivity contribution in [3.8, 4) is 0 Å². The molecule has 0 heterocycles. The van der Waals surface area contributed by atoms with E-state index in [1.54, 1.807) is 0 Å². The lowest BCUT2D eigenvalue weighted by Gasteiger charge is -2.04. The zero-order valence-electron chi connectivity index (χ0n) is 11.8. The fourth-order valence-electron chi connectivity index (χ4n) is 1.91. The van der Waals surface area contributed by atoms with Gasteiger partial charge in [-0.1, -0.05) is 69.4 Å². The molecule has 0 aromatic heterocycles. The summed E-state index contributed by atoms with van der Waals surface area (Å²) < 4.78 is 0. The fourth-order valence-corrected chi connectivity index (χ4v) is 1.91. The van der Waals surface area contributed by atoms with Gasteiger partial charge in [-0.3, -0.25) is 0 Å². The second kappa shape index (κ2) is 11.2. The summed E-state index contributed by atoms with van der Waals surface area (Å²) in [5, 5.41) is 0. The molecule has 0 N–H and O–H groups in total. The van der Waals surface area contributed by atoms with Gasteiger partial charge in [0.2, 0.25) is 0 Å². The van der Waals surface area contributed by atoms with Gasteiger partial charge in [-0.15, -0.1) is 0 Å². The smallest absolute Gasteiger partial charge is 0.0283 e. The van der Waals surface area contributed by atoms with Crippen LogP contribution in [-0.4, -0.2) is 0 Å². The molecular formula is C16H31. The predicted molar refractivity (Wildman–Crippen MR) is 75.6 cm³/mol. The molecule has 16 heavy (non-hydrogen) atoms. The Morgan fingerprint density at radius 1 is 0.750 bits per heavy atom. The molecule has 0 spiro atoms. The van der Waals surface area contributed by atoms with Crippen molar-refractivity contribution in [2.24, 2.45) is 0 Å². The van der Waals surface area contributed by atoms with Crippen LogP contribution in [0.25, 0.3) is 0 Å². The van der Waals surface area contributed by atoms with Crippen LogP contribution < -0.4 is 0 Å². The third-order valence-electron chi connectivity index (χ3n) is 3.38. The molecule has 1 radical (unpaired) electrons. The van der Waals surface area contributed by atoms with Crippen LogP contribution in [0.3, 0.4) is 0 Å². The summed E-state index contributed by atoms with van der Waals surface area (Å²) in [6, 6.07) is 0. The highest BCUT2D eigenvalue weighted by Gasteiger charge is 1.94. The van der Waals surface area contributed by atoms with E-state index in [4.69, 9.17) is 0 Å². The molecule has 0 aromatic carbocycles. The first kappa shape index (κ1) is 15.7. The molecule has 95 valence electrons. The Balaban J connectivity index is 3.13. The van der Waals surface area contributed by atoms with Crippen molar-refractivity contribution >= 4 is 0 Å². The number of hydrogen-bond donors (Lipinski definition) is 0. The van der Waals surface area contributed by atoms with Crippen LogP contribution in [0.15, 0.2) is 11.1 Å². The Labute approximate surface area is 104 Å². The lowest BCUT2D eigenvalue weighted by atomic mass is 10.0. The molecule has 0 saturated heterocycles. The maximum absolute atomic E-state index is 3.97. The minimum atomic E-state index is 1.26. The number of hydrogen-bond acceptors (Lipinski definition) is 0. The summed E-state index contributed by atoms with van der Waals surface area (Å²) in [7, 11) is 0. The Morgan fingerprint density at radius 3 is 1.62 bits per heavy atom. The molecule has 0 rings (SSSR count). The third-order valence-corrected chi connectivity index (χ3v) is 3.38. The van der Waals surface area contributed by atoms with Crippen molar-refractivity contribution < 1.29 is 0 Å². The number of rotatable bonds is 10. The zero-order valence-corrected chi connectivity index (χ0v) is 11.8. The second-order valence-electron chi connectivity index (χ2n) is 5.14. The van der Waals surface area contributed by atoms with Gasteiger partial charge in [0.05, 0.1) is 0 Å². The van der Waals surface area contributed by atoms with E-state index in [2.05, 4.69) is 27.7 Å². The van der Waals surface area contributed by atoms with Crippen LogP contribution in [-0.2, 0) is 0 Å². The fraction of sp³-hybridized carbons (Fsp3) is 0.812. The highest BCUT2D eigenvalue weighted by atomic mass is 14.0. The van der Waals surface area contributed by atoms with E-state index in [1.807, 2.05) is 0 Å². The standard InChI is InChI=1S/C16H31/c1-5-6-7-8-9-10-11-12-13-14-16(4)15(2)3/h2,5-14H2,1,3-4H3. The minimum Gasteiger partial charge on any atom is -0.0744 e. The van der Waals surface area contributed by atoms with Crippen LogP contribution in [0.5, 0.6) is 0 Å². The van der Waals surface area contributed by atoms with Crippen LogP contribution in [0.4, 0.5) is 0 Å². The summed E-state index contributed by atoms with van der Waals surface area (Å²) in [5.74, 6) is 0. The highest BCUT2D eigenvalue weighted by Crippen LogP contribution is 2.14. The van der Waals surface area contributed by atoms with Crippen molar-refractivity contribution in [2.75, 3.05) is 0 Å². The Kier molecular flexibility index (Phi) is 11.0. The van der Waals surface area contributed by atoms with Crippen LogP contribution in [0.2, 0.25) is 0 Å². The molecule has 0 unspecified atom stereocenters. The van der Waals surface area contributed by atoms with Gasteiger partial charge in [-0.25, -0.2) is 0 Å². The van der Waals surface area contributed by atoms with Crippen molar-refractivity contribution in [1.82, 2.24) is 0 Å². The van der Waals surface area contributed by atoms with Gasteiger partial charge in [0.1, 0.15) is 0 Å². The van der Waals surface area contributed by atoms with Gasteiger partial charge in [0.25, 0.3) is 0 Å². The van der Waals surface area contributed by atoms with E-state index >= 15 is 0 Å². The van der Waals surface area contributed by atoms with Crippen molar-refractivity contribution in [3.63, 3.8) is 0 Å². The maximum Gasteiger partial charge on any atom is -0.0283 e. The maximum atomic E-state index is 3.97. The number of unbranched alkanes of at least 4 members (excludes halogenated alkanes) is 8. The van der Waals surface area contributed by atoms with Crippen molar-refractivity contribution in [2.45, 2.75) is 85.0 Å². The summed E-state index contributed by atoms with van der Waals surface area (Å²) >= 11 is 0. The van der Waals surface area contributed by atoms with Crippen molar-refractivity contribution in [3.05, 3.63) is 18.1 Å². The lowest BCUT2D eigenvalue weighted by molar-refractivity contribution is 0.564. The summed E-state index contributed by atoms with van der Waals surface area (Å²) in [6.45, 7) is 10.6. The molecule has 0 heteroatoms. The SMILES string of the molecule is [CH2]C(C)=C(C)CCCCCCCCCCC. The van der Waals surface area contributed by atoms with Crippen molar-refractivity contribution in [1.29, 1.82) is 0 Å². The molecule has 0 bridgehead atoms. The van der Waals surface area contributed by atoms with Gasteiger partial charge in [-0.2, -0.15) is 0 Å². The van der Waals surface area contributed by atoms with Crippen LogP contribution in [0.1, 0.15) is 85.0 Å². The molecule has 0 saturated carbocycles. The molecule has 0 aliphatic carbocycles. The van der Waals surface area contributed by atoms with Crippen LogP contribution >= 0.6 is 0 Å². The first-order chi connectivity index (χ1) is 7.68. The predicted octanol–water partition coefficient (Wildman–Crippen LogP) is 6.08. The summed E-state index contributed by atoms with van der Waals surface area (Å²) in [5.41, 5.74) is 2.75. The molecule has 0 fully saturated rings. The first-order valence-corrected chi connectivity index (χ1v) is 7.16. The van der Waals surface area contributed by atoms with E-state index in [9.17, 15) is 0 Å². The Bertz CT molecular complexity index is 172. The quantitative estimate of drug-likeness (QED) is 0.394. The van der Waals surface area contributed by atoms with Gasteiger partial charge < -0.3 is 0 Å². The van der Waals surface area contributed by atoms with Crippen LogP contribution in [0, 0.1) is 6.92 Å². The Hall–Kier alpha value is -0.260. The summed E-state index contributed by atoms with van der Waals surface area (Å²) in [6.07, 6.45) is 14.0. The monoisotopic (exact) mass is 223 g/mol.